The van der Waals surface area contributed by atoms with E-state index >= 15 is 0 Å². The van der Waals surface area contributed by atoms with E-state index in [0.29, 0.717) is 0 Å². The summed E-state index contributed by atoms with van der Waals surface area (Å²) in [5.74, 6) is 0.264. The van der Waals surface area contributed by atoms with Gasteiger partial charge in [-0.3, -0.25) is 0 Å². The van der Waals surface area contributed by atoms with Gasteiger partial charge in [-0.25, -0.2) is 0 Å². The van der Waals surface area contributed by atoms with Crippen molar-refractivity contribution in [3.63, 3.8) is 0 Å². The number of rotatable bonds is 3. The van der Waals surface area contributed by atoms with Gasteiger partial charge in [-0.15, -0.1) is 0 Å². The Labute approximate surface area is 295 Å². The second kappa shape index (κ2) is 12.3. The molecule has 0 saturated heterocycles. The Morgan fingerprint density at radius 3 is 0.809 bits per heavy atom. The third-order valence-electron chi connectivity index (χ3n) is 10.0. The van der Waals surface area contributed by atoms with Gasteiger partial charge in [0.15, 0.2) is 0 Å². The summed E-state index contributed by atoms with van der Waals surface area (Å²) < 4.78 is 0. The molecule has 0 aliphatic heterocycles. The highest BCUT2D eigenvalue weighted by Crippen LogP contribution is 2.56. The van der Waals surface area contributed by atoms with E-state index in [1.807, 2.05) is 0 Å². The van der Waals surface area contributed by atoms with Crippen LogP contribution in [0.1, 0.15) is 241 Å². The highest BCUT2D eigenvalue weighted by molar-refractivity contribution is 5.66. The zero-order chi connectivity index (χ0) is 37.5. The predicted molar refractivity (Wildman–Crippen MR) is 215 cm³/mol. The Morgan fingerprint density at radius 1 is 0.319 bits per heavy atom. The lowest BCUT2D eigenvalue weighted by atomic mass is 9.56. The molecule has 268 valence electrons. The fourth-order valence-corrected chi connectivity index (χ4v) is 8.55. The zero-order valence-corrected chi connectivity index (χ0v) is 36.4. The second-order valence-electron chi connectivity index (χ2n) is 23.2. The first-order valence-corrected chi connectivity index (χ1v) is 18.9. The molecule has 47 heavy (non-hydrogen) atoms. The quantitative estimate of drug-likeness (QED) is 0.312. The molecular weight excluding hydrogens is 565 g/mol. The molecule has 0 bridgehead atoms. The fraction of sp³-hybridized carbons (Fsp3) is 0.745. The molecule has 0 radical (unpaired) electrons. The van der Waals surface area contributed by atoms with E-state index in [4.69, 9.17) is 0 Å². The van der Waals surface area contributed by atoms with E-state index in [0.717, 1.165) is 6.42 Å². The first kappa shape index (κ1) is 41.6. The summed E-state index contributed by atoms with van der Waals surface area (Å²) in [5, 5.41) is 0. The van der Waals surface area contributed by atoms with Crippen LogP contribution in [-0.2, 0) is 43.3 Å². The molecule has 0 N–H and O–H groups in total. The molecule has 0 heterocycles. The summed E-state index contributed by atoms with van der Waals surface area (Å²) >= 11 is 0. The minimum Gasteiger partial charge on any atom is -0.0645 e. The predicted octanol–water partition coefficient (Wildman–Crippen LogP) is 14.6. The summed E-state index contributed by atoms with van der Waals surface area (Å²) in [5.41, 5.74) is 15.6. The molecule has 0 spiro atoms. The minimum atomic E-state index is -0.0484. The van der Waals surface area contributed by atoms with E-state index in [1.54, 1.807) is 44.5 Å². The van der Waals surface area contributed by atoms with Crippen LogP contribution in [0.3, 0.4) is 0 Å². The van der Waals surface area contributed by atoms with Gasteiger partial charge in [0.25, 0.3) is 0 Å². The molecule has 0 aromatic heterocycles. The Hall–Kier alpha value is -1.56. The van der Waals surface area contributed by atoms with Gasteiger partial charge < -0.3 is 0 Å². The molecular formula is C47H80. The highest BCUT2D eigenvalue weighted by Gasteiger charge is 2.45. The van der Waals surface area contributed by atoms with Gasteiger partial charge in [0.05, 0.1) is 0 Å². The van der Waals surface area contributed by atoms with Crippen LogP contribution < -0.4 is 0 Å². The van der Waals surface area contributed by atoms with Gasteiger partial charge >= 0.3 is 0 Å². The summed E-state index contributed by atoms with van der Waals surface area (Å²) in [6, 6.07) is 5.00. The molecule has 0 amide bonds. The van der Waals surface area contributed by atoms with Crippen molar-refractivity contribution in [2.45, 2.75) is 229 Å². The standard InChI is InChI=1S/C47H80/c1-26-29(32-30(40(2,3)4)27-28-31(41(5,6)7)34(32)42(8,9)10)33-35(43(11,12)13)37(45(17,18)19)39(47(23,24)25)38(46(20,21)22)36(33)44(14,15)16/h27-29H,26H2,1-25H3. The SMILES string of the molecule is CCC(c1c(C(C)(C)C)ccc(C(C)(C)C)c1C(C)(C)C)c1c(C(C)(C)C)c(C(C)(C)C)c(C(C)(C)C)c(C(C)(C)C)c1C(C)(C)C. The minimum absolute atomic E-state index is 0.00796. The lowest BCUT2D eigenvalue weighted by molar-refractivity contribution is 0.448. The normalized spacial score (nSPS) is 15.3. The molecule has 2 aromatic carbocycles. The lowest BCUT2D eigenvalue weighted by Crippen LogP contribution is -2.38. The molecule has 1 atom stereocenters. The maximum atomic E-state index is 2.51. The van der Waals surface area contributed by atoms with Gasteiger partial charge in [-0.2, -0.15) is 0 Å². The molecule has 2 rings (SSSR count). The van der Waals surface area contributed by atoms with E-state index in [-0.39, 0.29) is 49.2 Å². The number of hydrogen-bond acceptors (Lipinski definition) is 0. The van der Waals surface area contributed by atoms with E-state index in [1.165, 1.54) is 11.1 Å². The summed E-state index contributed by atoms with van der Waals surface area (Å²) in [6.07, 6.45) is 1.06. The average molecular weight is 645 g/mol. The van der Waals surface area contributed by atoms with Crippen molar-refractivity contribution in [1.82, 2.24) is 0 Å². The second-order valence-corrected chi connectivity index (χ2v) is 23.2. The van der Waals surface area contributed by atoms with Crippen LogP contribution in [-0.4, -0.2) is 0 Å². The smallest absolute Gasteiger partial charge is 0.00987 e. The Morgan fingerprint density at radius 2 is 0.574 bits per heavy atom. The topological polar surface area (TPSA) is 0 Å². The molecule has 1 unspecified atom stereocenters. The van der Waals surface area contributed by atoms with Gasteiger partial charge in [-0.05, 0) is 105 Å². The Balaban J connectivity index is 3.81. The van der Waals surface area contributed by atoms with Crippen molar-refractivity contribution in [2.24, 2.45) is 0 Å². The molecule has 0 heteroatoms. The van der Waals surface area contributed by atoms with Crippen molar-refractivity contribution < 1.29 is 0 Å². The van der Waals surface area contributed by atoms with E-state index in [2.05, 4.69) is 185 Å². The molecule has 0 fully saturated rings. The Bertz CT molecular complexity index is 1380. The van der Waals surface area contributed by atoms with Gasteiger partial charge in [-0.1, -0.05) is 185 Å². The van der Waals surface area contributed by atoms with E-state index in [9.17, 15) is 0 Å². The first-order valence-electron chi connectivity index (χ1n) is 18.9. The average Bonchev–Trinajstić information content (AvgIpc) is 2.77. The van der Waals surface area contributed by atoms with Crippen molar-refractivity contribution in [1.29, 1.82) is 0 Å². The van der Waals surface area contributed by atoms with Crippen LogP contribution in [0.5, 0.6) is 0 Å². The number of benzene rings is 2. The third kappa shape index (κ3) is 8.43. The summed E-state index contributed by atoms with van der Waals surface area (Å²) in [7, 11) is 0. The monoisotopic (exact) mass is 645 g/mol. The molecule has 0 aliphatic rings. The molecule has 0 saturated carbocycles. The molecule has 0 nitrogen and oxygen atoms in total. The van der Waals surface area contributed by atoms with Crippen LogP contribution in [0.2, 0.25) is 0 Å². The third-order valence-corrected chi connectivity index (χ3v) is 10.0. The maximum absolute atomic E-state index is 2.51. The summed E-state index contributed by atoms with van der Waals surface area (Å²) in [6.45, 7) is 61.5. The van der Waals surface area contributed by atoms with Gasteiger partial charge in [0.2, 0.25) is 0 Å². The van der Waals surface area contributed by atoms with Crippen LogP contribution in [0.25, 0.3) is 0 Å². The van der Waals surface area contributed by atoms with Crippen molar-refractivity contribution in [2.75, 3.05) is 0 Å². The van der Waals surface area contributed by atoms with Crippen LogP contribution in [0.15, 0.2) is 12.1 Å². The summed E-state index contributed by atoms with van der Waals surface area (Å²) in [4.78, 5) is 0. The van der Waals surface area contributed by atoms with Crippen LogP contribution >= 0.6 is 0 Å². The van der Waals surface area contributed by atoms with Crippen molar-refractivity contribution >= 4 is 0 Å². The lowest BCUT2D eigenvalue weighted by Gasteiger charge is -2.48. The largest absolute Gasteiger partial charge is 0.0645 e. The van der Waals surface area contributed by atoms with Crippen molar-refractivity contribution in [3.8, 4) is 0 Å². The fourth-order valence-electron chi connectivity index (χ4n) is 8.55. The van der Waals surface area contributed by atoms with Gasteiger partial charge in [0, 0.05) is 5.92 Å². The molecule has 0 aliphatic carbocycles. The molecule has 2 aromatic rings. The Kier molecular flexibility index (Phi) is 10.9. The van der Waals surface area contributed by atoms with Crippen LogP contribution in [0, 0.1) is 0 Å². The zero-order valence-electron chi connectivity index (χ0n) is 36.4. The maximum Gasteiger partial charge on any atom is 0.00987 e. The highest BCUT2D eigenvalue weighted by atomic mass is 14.5. The van der Waals surface area contributed by atoms with Gasteiger partial charge in [0.1, 0.15) is 0 Å². The van der Waals surface area contributed by atoms with Crippen molar-refractivity contribution in [3.05, 3.63) is 67.8 Å². The van der Waals surface area contributed by atoms with E-state index < -0.39 is 0 Å². The van der Waals surface area contributed by atoms with Crippen LogP contribution in [0.4, 0.5) is 0 Å². The number of hydrogen-bond donors (Lipinski definition) is 0. The first-order chi connectivity index (χ1) is 20.4.